The first-order valence-corrected chi connectivity index (χ1v) is 10.6. The predicted molar refractivity (Wildman–Crippen MR) is 108 cm³/mol. The third-order valence-electron chi connectivity index (χ3n) is 5.16. The highest BCUT2D eigenvalue weighted by Crippen LogP contribution is 2.40. The molecular formula is C20H30N4OS. The third kappa shape index (κ3) is 3.87. The van der Waals surface area contributed by atoms with Crippen LogP contribution in [0.3, 0.4) is 0 Å². The van der Waals surface area contributed by atoms with Crippen LogP contribution < -0.4 is 5.32 Å². The summed E-state index contributed by atoms with van der Waals surface area (Å²) in [7, 11) is 0. The lowest BCUT2D eigenvalue weighted by molar-refractivity contribution is 0.0331. The van der Waals surface area contributed by atoms with Gasteiger partial charge in [0.1, 0.15) is 16.5 Å². The Bertz CT molecular complexity index is 789. The van der Waals surface area contributed by atoms with Crippen LogP contribution in [0.2, 0.25) is 0 Å². The van der Waals surface area contributed by atoms with E-state index in [4.69, 9.17) is 14.7 Å². The van der Waals surface area contributed by atoms with Crippen molar-refractivity contribution in [2.45, 2.75) is 59.0 Å². The molecule has 142 valence electrons. The van der Waals surface area contributed by atoms with Crippen LogP contribution in [0.15, 0.2) is 0 Å². The molecule has 26 heavy (non-hydrogen) atoms. The fraction of sp³-hybridized carbons (Fsp3) is 0.700. The zero-order valence-corrected chi connectivity index (χ0v) is 17.2. The highest BCUT2D eigenvalue weighted by atomic mass is 32.1. The van der Waals surface area contributed by atoms with Crippen molar-refractivity contribution >= 4 is 27.4 Å². The van der Waals surface area contributed by atoms with E-state index in [1.54, 1.807) is 0 Å². The lowest BCUT2D eigenvalue weighted by Gasteiger charge is -2.27. The van der Waals surface area contributed by atoms with Gasteiger partial charge in [0.15, 0.2) is 0 Å². The normalized spacial score (nSPS) is 21.8. The van der Waals surface area contributed by atoms with Crippen LogP contribution in [0.1, 0.15) is 50.4 Å². The standard InChI is InChI=1S/C20H30N4OS/c1-13-5-6-14-15(11-13)26-19-17(14)18(23-20(2,3)4)21-16(22-19)12-24-7-9-25-10-8-24/h13H,5-12H2,1-4H3,(H,21,22,23)/t13-/m0/s1. The van der Waals surface area contributed by atoms with Crippen molar-refractivity contribution in [1.82, 2.24) is 14.9 Å². The second-order valence-electron chi connectivity index (χ2n) is 8.78. The lowest BCUT2D eigenvalue weighted by atomic mass is 9.89. The van der Waals surface area contributed by atoms with E-state index >= 15 is 0 Å². The molecule has 0 aromatic carbocycles. The van der Waals surface area contributed by atoms with Crippen molar-refractivity contribution in [3.63, 3.8) is 0 Å². The summed E-state index contributed by atoms with van der Waals surface area (Å²) in [5.74, 6) is 2.73. The predicted octanol–water partition coefficient (Wildman–Crippen LogP) is 3.86. The second kappa shape index (κ2) is 7.06. The molecule has 4 rings (SSSR count). The average Bonchev–Trinajstić information content (AvgIpc) is 2.91. The molecule has 1 fully saturated rings. The SMILES string of the molecule is C[C@H]1CCc2c(sc3nc(CN4CCOCC4)nc(NC(C)(C)C)c23)C1. The summed E-state index contributed by atoms with van der Waals surface area (Å²) in [4.78, 5) is 15.0. The molecule has 1 aliphatic heterocycles. The summed E-state index contributed by atoms with van der Waals surface area (Å²) in [5.41, 5.74) is 1.47. The molecule has 1 saturated heterocycles. The quantitative estimate of drug-likeness (QED) is 0.884. The number of rotatable bonds is 3. The van der Waals surface area contributed by atoms with E-state index < -0.39 is 0 Å². The highest BCUT2D eigenvalue weighted by Gasteiger charge is 2.26. The Hall–Kier alpha value is -1.24. The largest absolute Gasteiger partial charge is 0.379 e. The van der Waals surface area contributed by atoms with Gasteiger partial charge >= 0.3 is 0 Å². The van der Waals surface area contributed by atoms with E-state index in [1.807, 2.05) is 11.3 Å². The number of hydrogen-bond acceptors (Lipinski definition) is 6. The highest BCUT2D eigenvalue weighted by molar-refractivity contribution is 7.19. The van der Waals surface area contributed by atoms with Gasteiger partial charge in [-0.05, 0) is 51.5 Å². The molecule has 0 bridgehead atoms. The van der Waals surface area contributed by atoms with Crippen LogP contribution in [0.25, 0.3) is 10.2 Å². The molecule has 0 unspecified atom stereocenters. The van der Waals surface area contributed by atoms with Gasteiger partial charge in [-0.25, -0.2) is 9.97 Å². The maximum Gasteiger partial charge on any atom is 0.146 e. The molecule has 1 aliphatic carbocycles. The van der Waals surface area contributed by atoms with E-state index in [9.17, 15) is 0 Å². The van der Waals surface area contributed by atoms with Crippen molar-refractivity contribution in [1.29, 1.82) is 0 Å². The minimum atomic E-state index is -0.0195. The smallest absolute Gasteiger partial charge is 0.146 e. The minimum Gasteiger partial charge on any atom is -0.379 e. The van der Waals surface area contributed by atoms with Crippen molar-refractivity contribution in [2.75, 3.05) is 31.6 Å². The van der Waals surface area contributed by atoms with Crippen LogP contribution in [0.5, 0.6) is 0 Å². The molecule has 2 aromatic heterocycles. The van der Waals surface area contributed by atoms with Crippen LogP contribution in [0, 0.1) is 5.92 Å². The van der Waals surface area contributed by atoms with Gasteiger partial charge in [0.05, 0.1) is 25.1 Å². The van der Waals surface area contributed by atoms with Crippen LogP contribution in [0.4, 0.5) is 5.82 Å². The molecule has 5 nitrogen and oxygen atoms in total. The number of thiophene rings is 1. The summed E-state index contributed by atoms with van der Waals surface area (Å²) < 4.78 is 5.47. The van der Waals surface area contributed by atoms with Gasteiger partial charge in [0.25, 0.3) is 0 Å². The number of morpholine rings is 1. The third-order valence-corrected chi connectivity index (χ3v) is 6.31. The van der Waals surface area contributed by atoms with Gasteiger partial charge in [0, 0.05) is 23.5 Å². The Labute approximate surface area is 160 Å². The molecule has 0 amide bonds. The lowest BCUT2D eigenvalue weighted by Crippen LogP contribution is -2.36. The van der Waals surface area contributed by atoms with Gasteiger partial charge < -0.3 is 10.1 Å². The molecule has 0 radical (unpaired) electrons. The fourth-order valence-electron chi connectivity index (χ4n) is 3.86. The number of fused-ring (bicyclic) bond motifs is 3. The zero-order valence-electron chi connectivity index (χ0n) is 16.4. The number of aryl methyl sites for hydroxylation is 1. The topological polar surface area (TPSA) is 50.3 Å². The van der Waals surface area contributed by atoms with Crippen molar-refractivity contribution in [3.05, 3.63) is 16.3 Å². The van der Waals surface area contributed by atoms with E-state index in [-0.39, 0.29) is 5.54 Å². The average molecular weight is 375 g/mol. The van der Waals surface area contributed by atoms with E-state index in [0.29, 0.717) is 0 Å². The van der Waals surface area contributed by atoms with E-state index in [2.05, 4.69) is 37.9 Å². The Morgan fingerprint density at radius 2 is 2.00 bits per heavy atom. The molecule has 3 heterocycles. The van der Waals surface area contributed by atoms with Crippen molar-refractivity contribution < 1.29 is 4.74 Å². The first-order valence-electron chi connectivity index (χ1n) is 9.78. The number of anilines is 1. The zero-order chi connectivity index (χ0) is 18.3. The summed E-state index contributed by atoms with van der Waals surface area (Å²) >= 11 is 1.89. The number of hydrogen-bond donors (Lipinski definition) is 1. The summed E-state index contributed by atoms with van der Waals surface area (Å²) in [6.45, 7) is 13.3. The van der Waals surface area contributed by atoms with E-state index in [1.165, 1.54) is 28.7 Å². The minimum absolute atomic E-state index is 0.0195. The molecular weight excluding hydrogens is 344 g/mol. The Kier molecular flexibility index (Phi) is 4.92. The van der Waals surface area contributed by atoms with Gasteiger partial charge in [-0.15, -0.1) is 11.3 Å². The Morgan fingerprint density at radius 3 is 2.73 bits per heavy atom. The Balaban J connectivity index is 1.74. The van der Waals surface area contributed by atoms with E-state index in [0.717, 1.165) is 61.7 Å². The number of nitrogens with one attached hydrogen (secondary N) is 1. The first-order chi connectivity index (χ1) is 12.4. The molecule has 2 aromatic rings. The number of nitrogens with zero attached hydrogens (tertiary/aromatic N) is 3. The Morgan fingerprint density at radius 1 is 1.23 bits per heavy atom. The van der Waals surface area contributed by atoms with Gasteiger partial charge in [-0.3, -0.25) is 4.90 Å². The molecule has 0 spiro atoms. The van der Waals surface area contributed by atoms with Gasteiger partial charge in [0.2, 0.25) is 0 Å². The van der Waals surface area contributed by atoms with Gasteiger partial charge in [-0.1, -0.05) is 6.92 Å². The summed E-state index contributed by atoms with van der Waals surface area (Å²) in [6.07, 6.45) is 3.61. The maximum absolute atomic E-state index is 5.47. The van der Waals surface area contributed by atoms with Gasteiger partial charge in [-0.2, -0.15) is 0 Å². The first kappa shape index (κ1) is 18.1. The molecule has 2 aliphatic rings. The fourth-order valence-corrected chi connectivity index (χ4v) is 5.26. The number of ether oxygens (including phenoxy) is 1. The maximum atomic E-state index is 5.47. The molecule has 1 atom stereocenters. The molecule has 6 heteroatoms. The van der Waals surface area contributed by atoms with Crippen molar-refractivity contribution in [3.8, 4) is 0 Å². The van der Waals surface area contributed by atoms with Crippen LogP contribution >= 0.6 is 11.3 Å². The van der Waals surface area contributed by atoms with Crippen molar-refractivity contribution in [2.24, 2.45) is 5.92 Å². The van der Waals surface area contributed by atoms with Crippen LogP contribution in [-0.2, 0) is 24.1 Å². The monoisotopic (exact) mass is 374 g/mol. The summed E-state index contributed by atoms with van der Waals surface area (Å²) in [6, 6.07) is 0. The van der Waals surface area contributed by atoms with Crippen LogP contribution in [-0.4, -0.2) is 46.7 Å². The second-order valence-corrected chi connectivity index (χ2v) is 9.87. The molecule has 1 N–H and O–H groups in total. The number of aromatic nitrogens is 2. The molecule has 0 saturated carbocycles. The summed E-state index contributed by atoms with van der Waals surface area (Å²) in [5, 5.41) is 4.94.